The molecule has 1 aromatic carbocycles. The van der Waals surface area contributed by atoms with Gasteiger partial charge < -0.3 is 10.4 Å². The monoisotopic (exact) mass is 261 g/mol. The summed E-state index contributed by atoms with van der Waals surface area (Å²) in [5, 5.41) is 12.1. The van der Waals surface area contributed by atoms with Crippen LogP contribution in [0.5, 0.6) is 0 Å². The van der Waals surface area contributed by atoms with Crippen LogP contribution in [-0.2, 0) is 4.79 Å². The van der Waals surface area contributed by atoms with Crippen LogP contribution in [0.15, 0.2) is 30.3 Å². The molecule has 0 aliphatic heterocycles. The molecule has 3 atom stereocenters. The lowest BCUT2D eigenvalue weighted by Crippen LogP contribution is -2.37. The standard InChI is InChI=1S/C16H23NO2/c1-12-9-14(13-5-3-2-4-6-13)11-15(10-12)17-8-7-16(18)19/h2-6,12,14-15,17H,7-11H2,1H3,(H,18,19). The number of rotatable bonds is 5. The van der Waals surface area contributed by atoms with E-state index >= 15 is 0 Å². The highest BCUT2D eigenvalue weighted by atomic mass is 16.4. The predicted octanol–water partition coefficient (Wildman–Crippen LogP) is 3.02. The molecule has 1 aromatic rings. The minimum absolute atomic E-state index is 0.209. The SMILES string of the molecule is CC1CC(NCCC(=O)O)CC(c2ccccc2)C1. The van der Waals surface area contributed by atoms with Gasteiger partial charge in [0.2, 0.25) is 0 Å². The molecule has 0 saturated heterocycles. The van der Waals surface area contributed by atoms with E-state index in [0.29, 0.717) is 24.4 Å². The van der Waals surface area contributed by atoms with Crippen molar-refractivity contribution in [2.75, 3.05) is 6.54 Å². The van der Waals surface area contributed by atoms with Crippen molar-refractivity contribution in [2.24, 2.45) is 5.92 Å². The van der Waals surface area contributed by atoms with Crippen molar-refractivity contribution in [1.29, 1.82) is 0 Å². The minimum Gasteiger partial charge on any atom is -0.481 e. The van der Waals surface area contributed by atoms with Gasteiger partial charge in [0.25, 0.3) is 0 Å². The van der Waals surface area contributed by atoms with Crippen molar-refractivity contribution >= 4 is 5.97 Å². The van der Waals surface area contributed by atoms with Crippen LogP contribution in [0.4, 0.5) is 0 Å². The summed E-state index contributed by atoms with van der Waals surface area (Å²) in [6.07, 6.45) is 3.72. The van der Waals surface area contributed by atoms with Gasteiger partial charge >= 0.3 is 5.97 Å². The topological polar surface area (TPSA) is 49.3 Å². The first kappa shape index (κ1) is 14.1. The number of nitrogens with one attached hydrogen (secondary N) is 1. The molecule has 1 aliphatic carbocycles. The summed E-state index contributed by atoms with van der Waals surface area (Å²) in [4.78, 5) is 10.6. The molecule has 3 unspecified atom stereocenters. The maximum Gasteiger partial charge on any atom is 0.304 e. The summed E-state index contributed by atoms with van der Waals surface area (Å²) < 4.78 is 0. The van der Waals surface area contributed by atoms with E-state index in [1.165, 1.54) is 12.0 Å². The van der Waals surface area contributed by atoms with Crippen LogP contribution in [0.1, 0.15) is 44.1 Å². The lowest BCUT2D eigenvalue weighted by molar-refractivity contribution is -0.136. The maximum absolute atomic E-state index is 10.6. The molecule has 3 heteroatoms. The number of aliphatic carboxylic acids is 1. The first-order valence-electron chi connectivity index (χ1n) is 7.15. The molecule has 1 fully saturated rings. The Labute approximate surface area is 115 Å². The van der Waals surface area contributed by atoms with Gasteiger partial charge in [-0.2, -0.15) is 0 Å². The summed E-state index contributed by atoms with van der Waals surface area (Å²) in [5.41, 5.74) is 1.42. The zero-order chi connectivity index (χ0) is 13.7. The summed E-state index contributed by atoms with van der Waals surface area (Å²) in [5.74, 6) is 0.574. The summed E-state index contributed by atoms with van der Waals surface area (Å²) in [7, 11) is 0. The maximum atomic E-state index is 10.6. The van der Waals surface area contributed by atoms with Gasteiger partial charge in [-0.25, -0.2) is 0 Å². The second-order valence-corrected chi connectivity index (χ2v) is 5.71. The molecular weight excluding hydrogens is 238 g/mol. The van der Waals surface area contributed by atoms with Crippen molar-refractivity contribution in [3.8, 4) is 0 Å². The Morgan fingerprint density at radius 1 is 1.26 bits per heavy atom. The normalized spacial score (nSPS) is 27.1. The van der Waals surface area contributed by atoms with Gasteiger partial charge in [-0.1, -0.05) is 37.3 Å². The zero-order valence-electron chi connectivity index (χ0n) is 11.5. The van der Waals surface area contributed by atoms with Crippen LogP contribution in [0.2, 0.25) is 0 Å². The first-order valence-corrected chi connectivity index (χ1v) is 7.15. The van der Waals surface area contributed by atoms with Crippen LogP contribution in [0.25, 0.3) is 0 Å². The number of carbonyl (C=O) groups is 1. The Balaban J connectivity index is 1.90. The van der Waals surface area contributed by atoms with E-state index in [9.17, 15) is 4.79 Å². The number of hydrogen-bond donors (Lipinski definition) is 2. The fourth-order valence-corrected chi connectivity index (χ4v) is 3.15. The second kappa shape index (κ2) is 6.71. The lowest BCUT2D eigenvalue weighted by Gasteiger charge is -2.34. The van der Waals surface area contributed by atoms with E-state index in [2.05, 4.69) is 42.6 Å². The summed E-state index contributed by atoms with van der Waals surface area (Å²) in [6, 6.07) is 11.1. The van der Waals surface area contributed by atoms with E-state index in [0.717, 1.165) is 12.8 Å². The Morgan fingerprint density at radius 2 is 2.00 bits per heavy atom. The highest BCUT2D eigenvalue weighted by Crippen LogP contribution is 2.35. The van der Waals surface area contributed by atoms with Gasteiger partial charge in [0.1, 0.15) is 0 Å². The minimum atomic E-state index is -0.726. The molecule has 0 aromatic heterocycles. The average molecular weight is 261 g/mol. The van der Waals surface area contributed by atoms with Crippen molar-refractivity contribution in [2.45, 2.75) is 44.6 Å². The van der Waals surface area contributed by atoms with Crippen LogP contribution >= 0.6 is 0 Å². The molecule has 0 amide bonds. The first-order chi connectivity index (χ1) is 9.15. The van der Waals surface area contributed by atoms with Crippen LogP contribution in [-0.4, -0.2) is 23.7 Å². The van der Waals surface area contributed by atoms with Gasteiger partial charge in [-0.15, -0.1) is 0 Å². The average Bonchev–Trinajstić information content (AvgIpc) is 2.39. The Kier molecular flexibility index (Phi) is 4.97. The van der Waals surface area contributed by atoms with Crippen molar-refractivity contribution in [3.63, 3.8) is 0 Å². The van der Waals surface area contributed by atoms with E-state index in [4.69, 9.17) is 5.11 Å². The fraction of sp³-hybridized carbons (Fsp3) is 0.562. The number of carboxylic acids is 1. The molecule has 0 bridgehead atoms. The van der Waals surface area contributed by atoms with Crippen molar-refractivity contribution < 1.29 is 9.90 Å². The Morgan fingerprint density at radius 3 is 2.68 bits per heavy atom. The molecule has 1 aliphatic rings. The van der Waals surface area contributed by atoms with Gasteiger partial charge in [0.15, 0.2) is 0 Å². The quantitative estimate of drug-likeness (QED) is 0.856. The highest BCUT2D eigenvalue weighted by molar-refractivity contribution is 5.66. The van der Waals surface area contributed by atoms with Crippen LogP contribution in [0, 0.1) is 5.92 Å². The molecule has 19 heavy (non-hydrogen) atoms. The molecule has 0 radical (unpaired) electrons. The Bertz CT molecular complexity index is 404. The van der Waals surface area contributed by atoms with Gasteiger partial charge in [-0.3, -0.25) is 4.79 Å². The van der Waals surface area contributed by atoms with E-state index in [1.54, 1.807) is 0 Å². The van der Waals surface area contributed by atoms with Crippen molar-refractivity contribution in [1.82, 2.24) is 5.32 Å². The van der Waals surface area contributed by atoms with Gasteiger partial charge in [0, 0.05) is 12.6 Å². The highest BCUT2D eigenvalue weighted by Gasteiger charge is 2.27. The van der Waals surface area contributed by atoms with Crippen LogP contribution < -0.4 is 5.32 Å². The molecule has 0 heterocycles. The van der Waals surface area contributed by atoms with Crippen molar-refractivity contribution in [3.05, 3.63) is 35.9 Å². The van der Waals surface area contributed by atoms with Crippen LogP contribution in [0.3, 0.4) is 0 Å². The lowest BCUT2D eigenvalue weighted by atomic mass is 9.76. The third-order valence-electron chi connectivity index (χ3n) is 3.99. The molecule has 104 valence electrons. The third kappa shape index (κ3) is 4.35. The van der Waals surface area contributed by atoms with Gasteiger partial charge in [-0.05, 0) is 36.7 Å². The largest absolute Gasteiger partial charge is 0.481 e. The summed E-state index contributed by atoms with van der Waals surface area (Å²) in [6.45, 7) is 2.87. The van der Waals surface area contributed by atoms with E-state index < -0.39 is 5.97 Å². The molecule has 1 saturated carbocycles. The summed E-state index contributed by atoms with van der Waals surface area (Å²) >= 11 is 0. The third-order valence-corrected chi connectivity index (χ3v) is 3.99. The smallest absolute Gasteiger partial charge is 0.304 e. The molecule has 2 rings (SSSR count). The number of hydrogen-bond acceptors (Lipinski definition) is 2. The number of benzene rings is 1. The van der Waals surface area contributed by atoms with E-state index in [1.807, 2.05) is 0 Å². The molecule has 0 spiro atoms. The van der Waals surface area contributed by atoms with Gasteiger partial charge in [0.05, 0.1) is 6.42 Å². The second-order valence-electron chi connectivity index (χ2n) is 5.71. The zero-order valence-corrected chi connectivity index (χ0v) is 11.5. The molecular formula is C16H23NO2. The predicted molar refractivity (Wildman–Crippen MR) is 76.2 cm³/mol. The number of carboxylic acid groups (broad SMARTS) is 1. The molecule has 2 N–H and O–H groups in total. The Hall–Kier alpha value is -1.35. The molecule has 3 nitrogen and oxygen atoms in total. The fourth-order valence-electron chi connectivity index (χ4n) is 3.15. The van der Waals surface area contributed by atoms with E-state index in [-0.39, 0.29) is 6.42 Å².